The molecule has 2 rings (SSSR count). The van der Waals surface area contributed by atoms with Gasteiger partial charge in [0.2, 0.25) is 0 Å². The van der Waals surface area contributed by atoms with E-state index in [-0.39, 0.29) is 0 Å². The second-order valence-electron chi connectivity index (χ2n) is 5.91. The van der Waals surface area contributed by atoms with Gasteiger partial charge in [-0.25, -0.2) is 0 Å². The highest BCUT2D eigenvalue weighted by Gasteiger charge is 2.24. The van der Waals surface area contributed by atoms with Gasteiger partial charge in [0, 0.05) is 12.1 Å². The van der Waals surface area contributed by atoms with E-state index in [1.165, 1.54) is 36.0 Å². The number of nitrogens with one attached hydrogen (secondary N) is 1. The number of hydrogen-bond acceptors (Lipinski definition) is 1. The molecule has 0 aromatic heterocycles. The highest BCUT2D eigenvalue weighted by molar-refractivity contribution is 5.28. The lowest BCUT2D eigenvalue weighted by molar-refractivity contribution is 0.396. The van der Waals surface area contributed by atoms with Crippen LogP contribution in [0.2, 0.25) is 0 Å². The van der Waals surface area contributed by atoms with Crippen molar-refractivity contribution in [3.8, 4) is 0 Å². The van der Waals surface area contributed by atoms with Crippen molar-refractivity contribution in [3.05, 3.63) is 34.9 Å². The average Bonchev–Trinajstić information content (AvgIpc) is 2.99. The minimum Gasteiger partial charge on any atom is -0.311 e. The molecule has 1 saturated carbocycles. The monoisotopic (exact) mass is 231 g/mol. The lowest BCUT2D eigenvalue weighted by Crippen LogP contribution is -2.34. The fraction of sp³-hybridized carbons (Fsp3) is 0.625. The Labute approximate surface area is 106 Å². The third-order valence-electron chi connectivity index (χ3n) is 3.77. The third-order valence-corrected chi connectivity index (χ3v) is 3.77. The highest BCUT2D eigenvalue weighted by Crippen LogP contribution is 2.22. The van der Waals surface area contributed by atoms with Crippen molar-refractivity contribution in [2.45, 2.75) is 59.0 Å². The summed E-state index contributed by atoms with van der Waals surface area (Å²) in [5, 5.41) is 3.70. The zero-order valence-corrected chi connectivity index (χ0v) is 11.6. The van der Waals surface area contributed by atoms with Gasteiger partial charge >= 0.3 is 0 Å². The molecule has 0 bridgehead atoms. The molecule has 1 aromatic rings. The fourth-order valence-corrected chi connectivity index (χ4v) is 2.52. The molecule has 1 aromatic carbocycles. The van der Waals surface area contributed by atoms with Crippen LogP contribution < -0.4 is 5.32 Å². The van der Waals surface area contributed by atoms with E-state index in [4.69, 9.17) is 0 Å². The molecule has 0 aliphatic heterocycles. The van der Waals surface area contributed by atoms with E-state index in [1.54, 1.807) is 0 Å². The first-order valence-electron chi connectivity index (χ1n) is 6.88. The molecular weight excluding hydrogens is 206 g/mol. The molecule has 0 spiro atoms. The maximum atomic E-state index is 3.70. The minimum atomic E-state index is 0.628. The summed E-state index contributed by atoms with van der Waals surface area (Å²) >= 11 is 0. The van der Waals surface area contributed by atoms with Crippen LogP contribution in [0, 0.1) is 19.8 Å². The summed E-state index contributed by atoms with van der Waals surface area (Å²) in [7, 11) is 0. The summed E-state index contributed by atoms with van der Waals surface area (Å²) in [5.74, 6) is 0.705. The van der Waals surface area contributed by atoms with E-state index < -0.39 is 0 Å². The van der Waals surface area contributed by atoms with Crippen LogP contribution in [0.25, 0.3) is 0 Å². The van der Waals surface area contributed by atoms with Crippen molar-refractivity contribution >= 4 is 0 Å². The molecule has 1 aliphatic rings. The second-order valence-corrected chi connectivity index (χ2v) is 5.91. The van der Waals surface area contributed by atoms with Crippen LogP contribution in [-0.2, 0) is 6.42 Å². The van der Waals surface area contributed by atoms with Gasteiger partial charge in [0.05, 0.1) is 0 Å². The normalized spacial score (nSPS) is 19.1. The van der Waals surface area contributed by atoms with Gasteiger partial charge in [-0.1, -0.05) is 36.2 Å². The minimum absolute atomic E-state index is 0.628. The Hall–Kier alpha value is -0.820. The largest absolute Gasteiger partial charge is 0.311 e. The first kappa shape index (κ1) is 12.6. The van der Waals surface area contributed by atoms with Crippen LogP contribution in [0.3, 0.4) is 0 Å². The van der Waals surface area contributed by atoms with Crippen molar-refractivity contribution in [2.75, 3.05) is 0 Å². The maximum absolute atomic E-state index is 3.70. The van der Waals surface area contributed by atoms with E-state index in [1.807, 2.05) is 0 Å². The van der Waals surface area contributed by atoms with Crippen molar-refractivity contribution < 1.29 is 0 Å². The number of aryl methyl sites for hydroxylation is 2. The summed E-state index contributed by atoms with van der Waals surface area (Å²) in [5.41, 5.74) is 4.25. The van der Waals surface area contributed by atoms with Crippen LogP contribution in [-0.4, -0.2) is 12.1 Å². The Morgan fingerprint density at radius 1 is 1.12 bits per heavy atom. The molecule has 1 heteroatoms. The molecule has 2 atom stereocenters. The van der Waals surface area contributed by atoms with Crippen LogP contribution in [0.4, 0.5) is 0 Å². The number of rotatable bonds is 5. The summed E-state index contributed by atoms with van der Waals surface area (Å²) in [6.45, 7) is 9.06. The molecule has 0 saturated heterocycles. The van der Waals surface area contributed by atoms with Crippen molar-refractivity contribution in [3.63, 3.8) is 0 Å². The van der Waals surface area contributed by atoms with Gasteiger partial charge in [-0.05, 0) is 51.5 Å². The maximum Gasteiger partial charge on any atom is 0.00708 e. The molecule has 0 radical (unpaired) electrons. The first-order chi connectivity index (χ1) is 8.04. The lowest BCUT2D eigenvalue weighted by Gasteiger charge is -2.21. The summed E-state index contributed by atoms with van der Waals surface area (Å²) in [4.78, 5) is 0. The quantitative estimate of drug-likeness (QED) is 0.816. The molecule has 2 unspecified atom stereocenters. The van der Waals surface area contributed by atoms with E-state index >= 15 is 0 Å². The SMILES string of the molecule is Cc1cc(C)cc(CC(C)C(C)NC2CC2)c1. The lowest BCUT2D eigenvalue weighted by atomic mass is 9.93. The standard InChI is InChI=1S/C16H25N/c1-11-7-12(2)9-15(8-11)10-13(3)14(4)17-16-5-6-16/h7-9,13-14,16-17H,5-6,10H2,1-4H3. The number of benzene rings is 1. The molecule has 1 aliphatic carbocycles. The fourth-order valence-electron chi connectivity index (χ4n) is 2.52. The molecule has 1 fully saturated rings. The van der Waals surface area contributed by atoms with E-state index in [0.29, 0.717) is 12.0 Å². The molecular formula is C16H25N. The first-order valence-corrected chi connectivity index (χ1v) is 6.88. The van der Waals surface area contributed by atoms with Gasteiger partial charge in [0.25, 0.3) is 0 Å². The van der Waals surface area contributed by atoms with Crippen molar-refractivity contribution in [2.24, 2.45) is 5.92 Å². The Balaban J connectivity index is 1.93. The third kappa shape index (κ3) is 3.85. The van der Waals surface area contributed by atoms with Crippen LogP contribution in [0.1, 0.15) is 43.4 Å². The van der Waals surface area contributed by atoms with Gasteiger partial charge in [-0.15, -0.1) is 0 Å². The topological polar surface area (TPSA) is 12.0 Å². The van der Waals surface area contributed by atoms with Gasteiger partial charge in [-0.2, -0.15) is 0 Å². The van der Waals surface area contributed by atoms with E-state index in [0.717, 1.165) is 6.04 Å². The van der Waals surface area contributed by atoms with Crippen molar-refractivity contribution in [1.82, 2.24) is 5.32 Å². The van der Waals surface area contributed by atoms with Gasteiger partial charge in [0.15, 0.2) is 0 Å². The molecule has 17 heavy (non-hydrogen) atoms. The van der Waals surface area contributed by atoms with Crippen LogP contribution >= 0.6 is 0 Å². The molecule has 1 N–H and O–H groups in total. The van der Waals surface area contributed by atoms with Gasteiger partial charge < -0.3 is 5.32 Å². The van der Waals surface area contributed by atoms with Gasteiger partial charge in [0.1, 0.15) is 0 Å². The van der Waals surface area contributed by atoms with E-state index in [2.05, 4.69) is 51.2 Å². The summed E-state index contributed by atoms with van der Waals surface area (Å²) in [6, 6.07) is 8.34. The average molecular weight is 231 g/mol. The Kier molecular flexibility index (Phi) is 3.88. The van der Waals surface area contributed by atoms with Crippen LogP contribution in [0.15, 0.2) is 18.2 Å². The molecule has 0 amide bonds. The Bertz CT molecular complexity index is 359. The predicted octanol–water partition coefficient (Wildman–Crippen LogP) is 3.62. The molecule has 94 valence electrons. The number of hydrogen-bond donors (Lipinski definition) is 1. The second kappa shape index (κ2) is 5.22. The summed E-state index contributed by atoms with van der Waals surface area (Å²) < 4.78 is 0. The van der Waals surface area contributed by atoms with Crippen molar-refractivity contribution in [1.29, 1.82) is 0 Å². The Morgan fingerprint density at radius 2 is 1.71 bits per heavy atom. The van der Waals surface area contributed by atoms with Gasteiger partial charge in [-0.3, -0.25) is 0 Å². The Morgan fingerprint density at radius 3 is 2.24 bits per heavy atom. The summed E-state index contributed by atoms with van der Waals surface area (Å²) in [6.07, 6.45) is 3.94. The van der Waals surface area contributed by atoms with Crippen LogP contribution in [0.5, 0.6) is 0 Å². The highest BCUT2D eigenvalue weighted by atomic mass is 15.0. The molecule has 0 heterocycles. The smallest absolute Gasteiger partial charge is 0.00708 e. The van der Waals surface area contributed by atoms with E-state index in [9.17, 15) is 0 Å². The zero-order valence-electron chi connectivity index (χ0n) is 11.6. The zero-order chi connectivity index (χ0) is 12.4. The molecule has 1 nitrogen and oxygen atoms in total. The predicted molar refractivity (Wildman–Crippen MR) is 74.4 cm³/mol.